The van der Waals surface area contributed by atoms with Crippen molar-refractivity contribution in [2.45, 2.75) is 12.1 Å². The lowest BCUT2D eigenvalue weighted by Crippen LogP contribution is -2.62. The van der Waals surface area contributed by atoms with Gasteiger partial charge in [0.15, 0.2) is 6.04 Å². The van der Waals surface area contributed by atoms with Crippen LogP contribution in [0.3, 0.4) is 0 Å². The van der Waals surface area contributed by atoms with Gasteiger partial charge in [0.2, 0.25) is 11.8 Å². The van der Waals surface area contributed by atoms with Crippen LogP contribution in [0.4, 0.5) is 0 Å². The van der Waals surface area contributed by atoms with E-state index in [1.54, 1.807) is 0 Å². The fraction of sp³-hybridized carbons (Fsp3) is 0.133. The quantitative estimate of drug-likeness (QED) is 0.685. The van der Waals surface area contributed by atoms with Crippen molar-refractivity contribution in [1.82, 2.24) is 0 Å². The van der Waals surface area contributed by atoms with Crippen molar-refractivity contribution in [2.75, 3.05) is 0 Å². The molecular weight excluding hydrogens is 290 g/mol. The van der Waals surface area contributed by atoms with E-state index in [9.17, 15) is 4.79 Å². The number of rotatable bonds is 3. The van der Waals surface area contributed by atoms with Crippen molar-refractivity contribution in [3.8, 4) is 0 Å². The second kappa shape index (κ2) is 4.67. The zero-order valence-electron chi connectivity index (χ0n) is 9.71. The number of benzene rings is 2. The fourth-order valence-corrected chi connectivity index (χ4v) is 2.47. The lowest BCUT2D eigenvalue weighted by molar-refractivity contribution is -0.511. The van der Waals surface area contributed by atoms with E-state index in [1.807, 2.05) is 42.5 Å². The predicted molar refractivity (Wildman–Crippen MR) is 73.4 cm³/mol. The van der Waals surface area contributed by atoms with Crippen molar-refractivity contribution >= 4 is 21.7 Å². The Hall–Kier alpha value is -1.45. The van der Waals surface area contributed by atoms with Gasteiger partial charge >= 0.3 is 0 Å². The minimum absolute atomic E-state index is 0.0496. The summed E-state index contributed by atoms with van der Waals surface area (Å²) in [5, 5.41) is 2.11. The average Bonchev–Trinajstić information content (AvgIpc) is 3.20. The van der Waals surface area contributed by atoms with E-state index in [1.165, 1.54) is 5.56 Å². The van der Waals surface area contributed by atoms with E-state index in [0.717, 1.165) is 10.0 Å². The first-order valence-electron chi connectivity index (χ1n) is 5.95. The van der Waals surface area contributed by atoms with Gasteiger partial charge < -0.3 is 5.32 Å². The van der Waals surface area contributed by atoms with Gasteiger partial charge in [-0.2, -0.15) is 0 Å². The van der Waals surface area contributed by atoms with Gasteiger partial charge in [0.25, 0.3) is 0 Å². The Balaban J connectivity index is 1.75. The first-order chi connectivity index (χ1) is 8.75. The van der Waals surface area contributed by atoms with Gasteiger partial charge in [-0.25, -0.2) is 0 Å². The van der Waals surface area contributed by atoms with E-state index in [0.29, 0.717) is 0 Å². The van der Waals surface area contributed by atoms with Crippen LogP contribution in [0.15, 0.2) is 59.1 Å². The first-order valence-corrected chi connectivity index (χ1v) is 6.75. The van der Waals surface area contributed by atoms with Crippen LogP contribution in [0, 0.1) is 0 Å². The molecule has 3 heteroatoms. The number of carbonyl (C=O) groups excluding carboxylic acids is 1. The SMILES string of the molecule is O=C(c1ccccc1)[C@@H]1[NH2+][C@H]1c1ccc(Br)cc1. The van der Waals surface area contributed by atoms with Crippen LogP contribution in [-0.2, 0) is 0 Å². The second-order valence-corrected chi connectivity index (χ2v) is 5.44. The molecule has 18 heavy (non-hydrogen) atoms. The Kier molecular flexibility index (Phi) is 3.02. The average molecular weight is 303 g/mol. The summed E-state index contributed by atoms with van der Waals surface area (Å²) in [5.41, 5.74) is 2.02. The molecule has 0 aliphatic carbocycles. The fourth-order valence-electron chi connectivity index (χ4n) is 2.21. The molecule has 90 valence electrons. The number of Topliss-reactive ketones (excluding diaryl/α,β-unsaturated/α-hetero) is 1. The number of quaternary nitrogens is 1. The van der Waals surface area contributed by atoms with Crippen LogP contribution in [-0.4, -0.2) is 11.8 Å². The third-order valence-electron chi connectivity index (χ3n) is 3.28. The van der Waals surface area contributed by atoms with Crippen LogP contribution in [0.5, 0.6) is 0 Å². The van der Waals surface area contributed by atoms with Crippen molar-refractivity contribution in [2.24, 2.45) is 0 Å². The second-order valence-electron chi connectivity index (χ2n) is 4.53. The summed E-state index contributed by atoms with van der Waals surface area (Å²) in [5.74, 6) is 0.225. The van der Waals surface area contributed by atoms with E-state index in [-0.39, 0.29) is 17.9 Å². The predicted octanol–water partition coefficient (Wildman–Crippen LogP) is 2.32. The monoisotopic (exact) mass is 302 g/mol. The van der Waals surface area contributed by atoms with Gasteiger partial charge in [0.05, 0.1) is 0 Å². The number of nitrogens with two attached hydrogens (primary N) is 1. The Morgan fingerprint density at radius 3 is 2.33 bits per heavy atom. The first kappa shape index (κ1) is 11.6. The van der Waals surface area contributed by atoms with Crippen LogP contribution in [0.2, 0.25) is 0 Å². The molecule has 3 rings (SSSR count). The van der Waals surface area contributed by atoms with E-state index < -0.39 is 0 Å². The van der Waals surface area contributed by atoms with E-state index >= 15 is 0 Å². The minimum atomic E-state index is 0.0496. The highest BCUT2D eigenvalue weighted by Gasteiger charge is 2.50. The Morgan fingerprint density at radius 1 is 1.00 bits per heavy atom. The zero-order valence-corrected chi connectivity index (χ0v) is 11.3. The molecule has 1 heterocycles. The lowest BCUT2D eigenvalue weighted by Gasteiger charge is -1.95. The molecule has 0 unspecified atom stereocenters. The number of carbonyl (C=O) groups is 1. The molecule has 2 aromatic rings. The molecule has 0 amide bonds. The molecule has 2 atom stereocenters. The summed E-state index contributed by atoms with van der Waals surface area (Å²) in [6.07, 6.45) is 0. The molecule has 1 fully saturated rings. The summed E-state index contributed by atoms with van der Waals surface area (Å²) in [6.45, 7) is 0. The molecule has 1 saturated heterocycles. The van der Waals surface area contributed by atoms with Crippen molar-refractivity contribution < 1.29 is 10.1 Å². The van der Waals surface area contributed by atoms with Gasteiger partial charge in [-0.15, -0.1) is 0 Å². The number of hydrogen-bond acceptors (Lipinski definition) is 1. The summed E-state index contributed by atoms with van der Waals surface area (Å²) >= 11 is 3.42. The molecule has 2 aromatic carbocycles. The van der Waals surface area contributed by atoms with Gasteiger partial charge in [0, 0.05) is 15.6 Å². The molecule has 0 radical (unpaired) electrons. The highest BCUT2D eigenvalue weighted by molar-refractivity contribution is 9.10. The molecule has 1 aliphatic heterocycles. The topological polar surface area (TPSA) is 33.7 Å². The minimum Gasteiger partial charge on any atom is -0.320 e. The van der Waals surface area contributed by atoms with Crippen molar-refractivity contribution in [1.29, 1.82) is 0 Å². The molecule has 0 spiro atoms. The Bertz CT molecular complexity index is 565. The maximum Gasteiger partial charge on any atom is 0.226 e. The summed E-state index contributed by atoms with van der Waals surface area (Å²) in [4.78, 5) is 12.2. The summed E-state index contributed by atoms with van der Waals surface area (Å²) in [7, 11) is 0. The van der Waals surface area contributed by atoms with Gasteiger partial charge in [0.1, 0.15) is 0 Å². The maximum absolute atomic E-state index is 12.2. The number of ketones is 1. The van der Waals surface area contributed by atoms with Crippen LogP contribution in [0.25, 0.3) is 0 Å². The van der Waals surface area contributed by atoms with Gasteiger partial charge in [-0.1, -0.05) is 58.4 Å². The molecule has 1 aliphatic rings. The van der Waals surface area contributed by atoms with Crippen molar-refractivity contribution in [3.05, 3.63) is 70.2 Å². The normalized spacial score (nSPS) is 21.6. The maximum atomic E-state index is 12.2. The molecule has 0 saturated carbocycles. The third kappa shape index (κ3) is 2.24. The van der Waals surface area contributed by atoms with Gasteiger partial charge in [-0.05, 0) is 12.1 Å². The smallest absolute Gasteiger partial charge is 0.226 e. The van der Waals surface area contributed by atoms with E-state index in [2.05, 4.69) is 33.4 Å². The zero-order chi connectivity index (χ0) is 12.5. The van der Waals surface area contributed by atoms with Crippen LogP contribution < -0.4 is 5.32 Å². The Morgan fingerprint density at radius 2 is 1.67 bits per heavy atom. The molecule has 2 nitrogen and oxygen atoms in total. The van der Waals surface area contributed by atoms with Gasteiger partial charge in [-0.3, -0.25) is 4.79 Å². The van der Waals surface area contributed by atoms with E-state index in [4.69, 9.17) is 0 Å². The lowest BCUT2D eigenvalue weighted by atomic mass is 10.0. The number of hydrogen-bond donors (Lipinski definition) is 1. The Labute approximate surface area is 114 Å². The molecule has 0 bridgehead atoms. The largest absolute Gasteiger partial charge is 0.320 e. The highest BCUT2D eigenvalue weighted by Crippen LogP contribution is 2.24. The molecular formula is C15H13BrNO+. The standard InChI is InChI=1S/C15H12BrNO/c16-12-8-6-10(7-9-12)13-14(17-13)15(18)11-4-2-1-3-5-11/h1-9,13-14,17H/p+1/t13-,14+/m0/s1. The molecule has 0 aromatic heterocycles. The van der Waals surface area contributed by atoms with Crippen molar-refractivity contribution in [3.63, 3.8) is 0 Å². The van der Waals surface area contributed by atoms with Crippen LogP contribution in [0.1, 0.15) is 22.0 Å². The highest BCUT2D eigenvalue weighted by atomic mass is 79.9. The summed E-state index contributed by atoms with van der Waals surface area (Å²) in [6, 6.07) is 18.0. The molecule has 2 N–H and O–H groups in total. The summed E-state index contributed by atoms with van der Waals surface area (Å²) < 4.78 is 1.07. The van der Waals surface area contributed by atoms with Crippen LogP contribution >= 0.6 is 15.9 Å². The third-order valence-corrected chi connectivity index (χ3v) is 3.81. The number of halogens is 1.